The van der Waals surface area contributed by atoms with Gasteiger partial charge in [0.05, 0.1) is 29.1 Å². The van der Waals surface area contributed by atoms with E-state index in [-0.39, 0.29) is 109 Å². The van der Waals surface area contributed by atoms with Crippen LogP contribution in [0.1, 0.15) is 295 Å². The van der Waals surface area contributed by atoms with E-state index in [1.165, 1.54) is 0 Å². The second kappa shape index (κ2) is 46.8. The molecular weight excluding hydrogens is 1200 g/mol. The summed E-state index contributed by atoms with van der Waals surface area (Å²) in [5.74, 6) is -4.17. The first-order valence-corrected chi connectivity index (χ1v) is 35.8. The normalized spacial score (nSPS) is 22.6. The zero-order valence-corrected chi connectivity index (χ0v) is 59.7. The molecule has 3 fully saturated rings. The summed E-state index contributed by atoms with van der Waals surface area (Å²) in [6, 6.07) is 0. The van der Waals surface area contributed by atoms with Crippen LogP contribution < -0.4 is 0 Å². The number of unbranched alkanes of at least 4 members (excludes halogenated alkanes) is 15. The van der Waals surface area contributed by atoms with Crippen LogP contribution >= 0.6 is 0 Å². The van der Waals surface area contributed by atoms with E-state index in [1.54, 1.807) is 53.7 Å². The molecule has 3 saturated carbocycles. The van der Waals surface area contributed by atoms with E-state index in [0.29, 0.717) is 51.4 Å². The van der Waals surface area contributed by atoms with E-state index in [2.05, 4.69) is 20.8 Å². The van der Waals surface area contributed by atoms with Crippen molar-refractivity contribution in [2.75, 3.05) is 0 Å². The molecular formula is C75H126O19. The van der Waals surface area contributed by atoms with Crippen molar-refractivity contribution in [3.63, 3.8) is 0 Å². The lowest BCUT2D eigenvalue weighted by molar-refractivity contribution is -0.160. The van der Waals surface area contributed by atoms with Gasteiger partial charge >= 0.3 is 36.0 Å². The molecule has 0 spiro atoms. The highest BCUT2D eigenvalue weighted by molar-refractivity contribution is 5.86. The smallest absolute Gasteiger partial charge is 0.481 e. The number of aliphatic hydroxyl groups is 3. The van der Waals surface area contributed by atoms with E-state index >= 15 is 0 Å². The summed E-state index contributed by atoms with van der Waals surface area (Å²) >= 11 is 0. The molecule has 0 amide bonds. The molecule has 0 bridgehead atoms. The van der Waals surface area contributed by atoms with Crippen LogP contribution in [0.3, 0.4) is 0 Å². The van der Waals surface area contributed by atoms with Crippen molar-refractivity contribution in [3.8, 4) is 0 Å². The van der Waals surface area contributed by atoms with Gasteiger partial charge in [0.2, 0.25) is 0 Å². The summed E-state index contributed by atoms with van der Waals surface area (Å²) in [6.07, 6.45) is 30.8. The number of carboxylic acids is 3. The number of ether oxygens (including phenoxy) is 4. The molecule has 0 unspecified atom stereocenters. The second-order valence-electron chi connectivity index (χ2n) is 29.5. The largest absolute Gasteiger partial charge is 0.509 e. The van der Waals surface area contributed by atoms with Gasteiger partial charge in [0.25, 0.3) is 0 Å². The maximum atomic E-state index is 12.7. The third-order valence-electron chi connectivity index (χ3n) is 17.5. The number of aliphatic hydroxyl groups excluding tert-OH is 3. The quantitative estimate of drug-likeness (QED) is 0.0143. The Balaban J connectivity index is 0.000000705. The maximum absolute atomic E-state index is 12.7. The van der Waals surface area contributed by atoms with Gasteiger partial charge in [-0.3, -0.25) is 38.4 Å². The molecule has 12 atom stereocenters. The summed E-state index contributed by atoms with van der Waals surface area (Å²) in [4.78, 5) is 107. The Morgan fingerprint density at radius 1 is 0.447 bits per heavy atom. The van der Waals surface area contributed by atoms with Crippen molar-refractivity contribution in [2.24, 2.45) is 46.3 Å². The van der Waals surface area contributed by atoms with Gasteiger partial charge in [-0.15, -0.1) is 0 Å². The lowest BCUT2D eigenvalue weighted by Gasteiger charge is -2.25. The molecule has 0 aromatic carbocycles. The number of hydrogen-bond acceptors (Lipinski definition) is 16. The van der Waals surface area contributed by atoms with Crippen LogP contribution in [-0.4, -0.2) is 126 Å². The maximum Gasteiger partial charge on any atom is 0.509 e. The molecule has 94 heavy (non-hydrogen) atoms. The molecule has 0 aliphatic heterocycles. The van der Waals surface area contributed by atoms with Crippen molar-refractivity contribution in [3.05, 3.63) is 36.5 Å². The summed E-state index contributed by atoms with van der Waals surface area (Å²) in [5.41, 5.74) is -1.90. The SMILES string of the molecule is CCCCC[C@@H](/C=C/[C@H]1[C@H](O)CC(=O)[C@@H]1CCCCCCC(=O)O)OC(=O)C(C)(C)C.CCCCC[C@H](O)/C=C/[C@H]1[C@H](OC(=O)C(C)(C)C)CC(=O)[C@@H]1CCCCCCC(=O)O.CCCCC[C@H](O)/C=C/[C@H]1[C@H](OC(=O)OC(C)(C)C)CC(=O)[C@@H]1CCCCCCC(=O)O. The number of ketones is 3. The molecule has 540 valence electrons. The Labute approximate surface area is 563 Å². The molecule has 0 heterocycles. The fourth-order valence-corrected chi connectivity index (χ4v) is 11.9. The molecule has 6 N–H and O–H groups in total. The standard InChI is InChI=1S/C25H42O7.2C25H42O6/c1-5-6-9-12-18(26)15-16-20-19(13-10-7-8-11-14-23(28)29)21(27)17-22(20)31-24(30)32-25(2,3)4;1-5-6-9-12-18(31-24(30)25(2,3)4)15-16-20-19(21(26)17-22(20)27)13-10-7-8-11-14-23(28)29;1-5-6-9-12-18(26)15-16-20-19(13-10-7-8-11-14-23(28)29)21(27)17-22(20)31-24(30)25(2,3)4/h15-16,18-20,22,26H,5-14,17H2,1-4H3,(H,28,29);15-16,18-20,22,27H,5-14,17H2,1-4H3,(H,28,29);15-16,18-20,22,26H,5-14,17H2,1-4H3,(H,28,29)/b3*16-15+/t3*18-,19+,20+,22+/m000/s1. The number of rotatable bonds is 42. The van der Waals surface area contributed by atoms with Crippen LogP contribution in [-0.2, 0) is 57.3 Å². The highest BCUT2D eigenvalue weighted by atomic mass is 16.7. The van der Waals surface area contributed by atoms with Gasteiger partial charge in [-0.25, -0.2) is 4.79 Å². The average Bonchev–Trinajstić information content (AvgIpc) is 1.70. The van der Waals surface area contributed by atoms with Crippen molar-refractivity contribution in [1.29, 1.82) is 0 Å². The van der Waals surface area contributed by atoms with Gasteiger partial charge in [0.15, 0.2) is 0 Å². The van der Waals surface area contributed by atoms with E-state index < -0.39 is 71.0 Å². The van der Waals surface area contributed by atoms with Crippen LogP contribution in [0.2, 0.25) is 0 Å². The number of aliphatic carboxylic acids is 3. The van der Waals surface area contributed by atoms with Crippen molar-refractivity contribution < 1.29 is 92.7 Å². The van der Waals surface area contributed by atoms with Gasteiger partial charge in [-0.1, -0.05) is 160 Å². The molecule has 19 heteroatoms. The minimum Gasteiger partial charge on any atom is -0.481 e. The first kappa shape index (κ1) is 86.7. The molecule has 3 aliphatic rings. The Hall–Kier alpha value is -5.27. The third kappa shape index (κ3) is 38.5. The molecule has 19 nitrogen and oxygen atoms in total. The lowest BCUT2D eigenvalue weighted by Crippen LogP contribution is -2.31. The fourth-order valence-electron chi connectivity index (χ4n) is 11.9. The Bertz CT molecular complexity index is 2330. The summed E-state index contributed by atoms with van der Waals surface area (Å²) in [7, 11) is 0. The number of carbonyl (C=O) groups is 9. The molecule has 0 saturated heterocycles. The van der Waals surface area contributed by atoms with Gasteiger partial charge < -0.3 is 49.6 Å². The van der Waals surface area contributed by atoms with Crippen LogP contribution in [0.25, 0.3) is 0 Å². The van der Waals surface area contributed by atoms with Crippen molar-refractivity contribution in [1.82, 2.24) is 0 Å². The zero-order chi connectivity index (χ0) is 71.0. The van der Waals surface area contributed by atoms with Crippen molar-refractivity contribution >= 4 is 53.4 Å². The Morgan fingerprint density at radius 3 is 1.17 bits per heavy atom. The second-order valence-corrected chi connectivity index (χ2v) is 29.5. The summed E-state index contributed by atoms with van der Waals surface area (Å²) in [5, 5.41) is 57.1. The summed E-state index contributed by atoms with van der Waals surface area (Å²) < 4.78 is 22.2. The molecule has 0 aromatic rings. The van der Waals surface area contributed by atoms with Crippen LogP contribution in [0.15, 0.2) is 36.5 Å². The van der Waals surface area contributed by atoms with E-state index in [4.69, 9.17) is 34.3 Å². The predicted octanol–water partition coefficient (Wildman–Crippen LogP) is 15.6. The number of carboxylic acid groups (broad SMARTS) is 3. The number of hydrogen-bond donors (Lipinski definition) is 6. The Morgan fingerprint density at radius 2 is 0.798 bits per heavy atom. The van der Waals surface area contributed by atoms with E-state index in [1.807, 2.05) is 45.1 Å². The van der Waals surface area contributed by atoms with Crippen LogP contribution in [0.5, 0.6) is 0 Å². The molecule has 0 radical (unpaired) electrons. The Kier molecular flexibility index (Phi) is 43.2. The number of carbonyl (C=O) groups excluding carboxylic acids is 6. The first-order chi connectivity index (χ1) is 44.1. The lowest BCUT2D eigenvalue weighted by atomic mass is 9.88. The average molecular weight is 1330 g/mol. The van der Waals surface area contributed by atoms with Gasteiger partial charge in [0.1, 0.15) is 41.3 Å². The van der Waals surface area contributed by atoms with Crippen LogP contribution in [0.4, 0.5) is 4.79 Å². The topological polar surface area (TPSA) is 312 Å². The minimum atomic E-state index is -0.791. The monoisotopic (exact) mass is 1330 g/mol. The van der Waals surface area contributed by atoms with E-state index in [9.17, 15) is 58.5 Å². The highest BCUT2D eigenvalue weighted by Crippen LogP contribution is 2.40. The fraction of sp³-hybridized carbons (Fsp3) is 0.800. The molecule has 0 aromatic heterocycles. The molecule has 3 aliphatic carbocycles. The number of esters is 2. The third-order valence-corrected chi connectivity index (χ3v) is 17.5. The highest BCUT2D eigenvalue weighted by Gasteiger charge is 2.45. The predicted molar refractivity (Wildman–Crippen MR) is 363 cm³/mol. The van der Waals surface area contributed by atoms with Gasteiger partial charge in [-0.2, -0.15) is 0 Å². The van der Waals surface area contributed by atoms with Crippen LogP contribution in [0, 0.1) is 46.3 Å². The first-order valence-electron chi connectivity index (χ1n) is 35.8. The van der Waals surface area contributed by atoms with E-state index in [0.717, 1.165) is 122 Å². The minimum absolute atomic E-state index is 0.0548. The van der Waals surface area contributed by atoms with Gasteiger partial charge in [-0.05, 0) is 133 Å². The molecule has 3 rings (SSSR count). The van der Waals surface area contributed by atoms with Crippen molar-refractivity contribution in [2.45, 2.75) is 337 Å². The zero-order valence-electron chi connectivity index (χ0n) is 59.7. The summed E-state index contributed by atoms with van der Waals surface area (Å²) in [6.45, 7) is 22.5. The number of Topliss-reactive ketones (excluding diaryl/α,β-unsaturated/α-hetero) is 3. The van der Waals surface area contributed by atoms with Gasteiger partial charge in [0, 0.05) is 74.0 Å².